The van der Waals surface area contributed by atoms with E-state index in [1.165, 1.54) is 17.4 Å². The van der Waals surface area contributed by atoms with E-state index in [1.54, 1.807) is 0 Å². The molecule has 0 atom stereocenters. The van der Waals surface area contributed by atoms with Crippen molar-refractivity contribution in [2.24, 2.45) is 7.05 Å². The van der Waals surface area contributed by atoms with E-state index >= 15 is 0 Å². The Kier molecular flexibility index (Phi) is 3.36. The van der Waals surface area contributed by atoms with Crippen molar-refractivity contribution in [3.05, 3.63) is 39.6 Å². The monoisotopic (exact) mass is 239 g/mol. The van der Waals surface area contributed by atoms with Crippen LogP contribution < -0.4 is 5.32 Å². The molecule has 0 unspecified atom stereocenters. The maximum absolute atomic E-state index is 12.7. The average Bonchev–Trinajstić information content (AvgIpc) is 2.74. The average molecular weight is 239 g/mol. The Morgan fingerprint density at radius 1 is 1.44 bits per heavy atom. The molecule has 0 aromatic carbocycles. The molecule has 0 fully saturated rings. The fourth-order valence-electron chi connectivity index (χ4n) is 1.59. The highest BCUT2D eigenvalue weighted by Gasteiger charge is 2.02. The number of nitrogens with zero attached hydrogens (tertiary/aromatic N) is 2. The second-order valence-corrected chi connectivity index (χ2v) is 4.83. The van der Waals surface area contributed by atoms with Gasteiger partial charge in [-0.1, -0.05) is 0 Å². The van der Waals surface area contributed by atoms with Gasteiger partial charge in [-0.15, -0.1) is 11.3 Å². The predicted octanol–water partition coefficient (Wildman–Crippen LogP) is 2.22. The number of hydrogen-bond donors (Lipinski definition) is 1. The summed E-state index contributed by atoms with van der Waals surface area (Å²) in [5.41, 5.74) is 2.15. The Labute approximate surface area is 97.9 Å². The summed E-state index contributed by atoms with van der Waals surface area (Å²) in [6.45, 7) is 3.41. The zero-order valence-corrected chi connectivity index (χ0v) is 10.1. The third-order valence-corrected chi connectivity index (χ3v) is 3.21. The zero-order valence-electron chi connectivity index (χ0n) is 9.33. The van der Waals surface area contributed by atoms with Crippen LogP contribution in [0.25, 0.3) is 0 Å². The van der Waals surface area contributed by atoms with Gasteiger partial charge in [0, 0.05) is 25.0 Å². The minimum absolute atomic E-state index is 0.131. The summed E-state index contributed by atoms with van der Waals surface area (Å²) in [5, 5.41) is 7.40. The van der Waals surface area contributed by atoms with Crippen molar-refractivity contribution in [3.63, 3.8) is 0 Å². The van der Waals surface area contributed by atoms with Gasteiger partial charge in [-0.3, -0.25) is 4.68 Å². The van der Waals surface area contributed by atoms with Crippen molar-refractivity contribution in [3.8, 4) is 0 Å². The van der Waals surface area contributed by atoms with Gasteiger partial charge in [0.2, 0.25) is 0 Å². The maximum Gasteiger partial charge on any atom is 0.176 e. The van der Waals surface area contributed by atoms with Crippen LogP contribution in [0.15, 0.2) is 18.2 Å². The molecule has 0 amide bonds. The number of hydrogen-bond acceptors (Lipinski definition) is 3. The molecule has 86 valence electrons. The van der Waals surface area contributed by atoms with Crippen molar-refractivity contribution >= 4 is 11.3 Å². The summed E-state index contributed by atoms with van der Waals surface area (Å²) in [7, 11) is 1.93. The van der Waals surface area contributed by atoms with E-state index in [-0.39, 0.29) is 5.13 Å². The number of rotatable bonds is 4. The molecule has 2 rings (SSSR count). The Morgan fingerprint density at radius 3 is 2.81 bits per heavy atom. The Morgan fingerprint density at radius 2 is 2.25 bits per heavy atom. The molecule has 0 aliphatic rings. The third kappa shape index (κ3) is 2.68. The summed E-state index contributed by atoms with van der Waals surface area (Å²) in [4.78, 5) is 1.01. The molecule has 5 heteroatoms. The molecule has 2 heterocycles. The van der Waals surface area contributed by atoms with E-state index in [4.69, 9.17) is 0 Å². The SMILES string of the molecule is Cc1cc(CNCc2ccc(F)s2)n(C)n1. The molecule has 0 aliphatic carbocycles. The first-order valence-corrected chi connectivity index (χ1v) is 5.91. The first-order chi connectivity index (χ1) is 7.65. The highest BCUT2D eigenvalue weighted by atomic mass is 32.1. The normalized spacial score (nSPS) is 10.9. The van der Waals surface area contributed by atoms with Gasteiger partial charge in [0.15, 0.2) is 5.13 Å². The van der Waals surface area contributed by atoms with Crippen LogP contribution in [0.2, 0.25) is 0 Å². The van der Waals surface area contributed by atoms with Crippen LogP contribution in [0, 0.1) is 12.1 Å². The lowest BCUT2D eigenvalue weighted by atomic mass is 10.3. The Balaban J connectivity index is 1.86. The van der Waals surface area contributed by atoms with E-state index in [0.717, 1.165) is 22.8 Å². The van der Waals surface area contributed by atoms with Gasteiger partial charge in [-0.2, -0.15) is 9.49 Å². The van der Waals surface area contributed by atoms with Crippen LogP contribution in [0.5, 0.6) is 0 Å². The molecule has 0 radical (unpaired) electrons. The lowest BCUT2D eigenvalue weighted by molar-refractivity contribution is 0.628. The summed E-state index contributed by atoms with van der Waals surface area (Å²) >= 11 is 1.18. The molecular weight excluding hydrogens is 225 g/mol. The molecule has 0 aliphatic heterocycles. The minimum atomic E-state index is -0.131. The lowest BCUT2D eigenvalue weighted by Crippen LogP contribution is -2.14. The van der Waals surface area contributed by atoms with Gasteiger partial charge in [0.05, 0.1) is 11.4 Å². The van der Waals surface area contributed by atoms with Crippen molar-refractivity contribution in [2.75, 3.05) is 0 Å². The molecule has 0 saturated heterocycles. The lowest BCUT2D eigenvalue weighted by Gasteiger charge is -2.03. The van der Waals surface area contributed by atoms with E-state index in [2.05, 4.69) is 10.4 Å². The van der Waals surface area contributed by atoms with E-state index in [9.17, 15) is 4.39 Å². The zero-order chi connectivity index (χ0) is 11.5. The summed E-state index contributed by atoms with van der Waals surface area (Å²) in [6.07, 6.45) is 0. The second kappa shape index (κ2) is 4.76. The van der Waals surface area contributed by atoms with Crippen LogP contribution in [0.4, 0.5) is 4.39 Å². The summed E-state index contributed by atoms with van der Waals surface area (Å²) in [5.74, 6) is 0. The van der Waals surface area contributed by atoms with Crippen LogP contribution in [-0.2, 0) is 20.1 Å². The molecule has 0 saturated carbocycles. The van der Waals surface area contributed by atoms with Gasteiger partial charge in [-0.05, 0) is 25.1 Å². The molecule has 16 heavy (non-hydrogen) atoms. The van der Waals surface area contributed by atoms with Gasteiger partial charge >= 0.3 is 0 Å². The summed E-state index contributed by atoms with van der Waals surface area (Å²) < 4.78 is 14.6. The number of nitrogens with one attached hydrogen (secondary N) is 1. The van der Waals surface area contributed by atoms with Crippen molar-refractivity contribution < 1.29 is 4.39 Å². The molecule has 1 N–H and O–H groups in total. The number of thiophene rings is 1. The fraction of sp³-hybridized carbons (Fsp3) is 0.364. The molecule has 0 bridgehead atoms. The van der Waals surface area contributed by atoms with Gasteiger partial charge in [0.1, 0.15) is 0 Å². The molecule has 3 nitrogen and oxygen atoms in total. The number of aryl methyl sites for hydroxylation is 2. The highest BCUT2D eigenvalue weighted by molar-refractivity contribution is 7.10. The molecule has 2 aromatic rings. The topological polar surface area (TPSA) is 29.9 Å². The predicted molar refractivity (Wildman–Crippen MR) is 62.8 cm³/mol. The van der Waals surface area contributed by atoms with Gasteiger partial charge in [-0.25, -0.2) is 0 Å². The van der Waals surface area contributed by atoms with Crippen LogP contribution in [0.1, 0.15) is 16.3 Å². The first-order valence-electron chi connectivity index (χ1n) is 5.09. The number of aromatic nitrogens is 2. The van der Waals surface area contributed by atoms with Crippen molar-refractivity contribution in [1.82, 2.24) is 15.1 Å². The van der Waals surface area contributed by atoms with Crippen LogP contribution in [0.3, 0.4) is 0 Å². The largest absolute Gasteiger partial charge is 0.306 e. The second-order valence-electron chi connectivity index (χ2n) is 3.71. The van der Waals surface area contributed by atoms with Gasteiger partial charge < -0.3 is 5.32 Å². The van der Waals surface area contributed by atoms with Crippen LogP contribution >= 0.6 is 11.3 Å². The minimum Gasteiger partial charge on any atom is -0.306 e. The molecule has 2 aromatic heterocycles. The van der Waals surface area contributed by atoms with E-state index < -0.39 is 0 Å². The number of halogens is 1. The smallest absolute Gasteiger partial charge is 0.176 e. The highest BCUT2D eigenvalue weighted by Crippen LogP contribution is 2.13. The Bertz CT molecular complexity index is 475. The quantitative estimate of drug-likeness (QED) is 0.886. The molecule has 0 spiro atoms. The van der Waals surface area contributed by atoms with E-state index in [1.807, 2.05) is 30.8 Å². The van der Waals surface area contributed by atoms with Gasteiger partial charge in [0.25, 0.3) is 0 Å². The summed E-state index contributed by atoms with van der Waals surface area (Å²) in [6, 6.07) is 5.35. The molecular formula is C11H14FN3S. The van der Waals surface area contributed by atoms with Crippen molar-refractivity contribution in [1.29, 1.82) is 0 Å². The third-order valence-electron chi connectivity index (χ3n) is 2.33. The first kappa shape index (κ1) is 11.3. The van der Waals surface area contributed by atoms with E-state index in [0.29, 0.717) is 6.54 Å². The maximum atomic E-state index is 12.7. The fourth-order valence-corrected chi connectivity index (χ4v) is 2.29. The standard InChI is InChI=1S/C11H14FN3S/c1-8-5-9(15(2)14-8)6-13-7-10-3-4-11(12)16-10/h3-5,13H,6-7H2,1-2H3. The Hall–Kier alpha value is -1.20. The van der Waals surface area contributed by atoms with Crippen molar-refractivity contribution in [2.45, 2.75) is 20.0 Å². The van der Waals surface area contributed by atoms with Crippen LogP contribution in [-0.4, -0.2) is 9.78 Å².